The molecule has 0 radical (unpaired) electrons. The molecule has 2 aromatic rings. The number of halogens is 7. The Labute approximate surface area is 222 Å². The Morgan fingerprint density at radius 2 is 1.58 bits per heavy atom. The van der Waals surface area contributed by atoms with Crippen molar-refractivity contribution in [1.82, 2.24) is 10.2 Å². The van der Waals surface area contributed by atoms with Crippen LogP contribution < -0.4 is 5.32 Å². The van der Waals surface area contributed by atoms with E-state index in [1.807, 2.05) is 12.1 Å². The fourth-order valence-electron chi connectivity index (χ4n) is 4.36. The van der Waals surface area contributed by atoms with Gasteiger partial charge >= 0.3 is 18.3 Å². The average molecular weight is 567 g/mol. The highest BCUT2D eigenvalue weighted by Gasteiger charge is 2.39. The van der Waals surface area contributed by atoms with Crippen LogP contribution in [0.3, 0.4) is 0 Å². The van der Waals surface area contributed by atoms with Gasteiger partial charge in [-0.1, -0.05) is 30.3 Å². The Bertz CT molecular complexity index is 1060. The van der Waals surface area contributed by atoms with Gasteiger partial charge in [0, 0.05) is 24.2 Å². The molecule has 1 fully saturated rings. The molecule has 0 unspecified atom stereocenters. The number of alkyl halides is 6. The predicted octanol–water partition coefficient (Wildman–Crippen LogP) is 5.90. The van der Waals surface area contributed by atoms with Crippen molar-refractivity contribution in [3.63, 3.8) is 0 Å². The number of hydrogen-bond donors (Lipinski definition) is 1. The molecular formula is C26H29ClF6N2O3. The zero-order valence-corrected chi connectivity index (χ0v) is 21.6. The minimum Gasteiger partial charge on any atom is -0.462 e. The summed E-state index contributed by atoms with van der Waals surface area (Å²) in [6.07, 6.45) is -9.35. The van der Waals surface area contributed by atoms with Crippen molar-refractivity contribution < 1.29 is 40.7 Å². The lowest BCUT2D eigenvalue weighted by Crippen LogP contribution is -2.52. The number of carbonyl (C=O) groups excluding carboxylic acids is 2. The number of esters is 1. The topological polar surface area (TPSA) is 58.6 Å². The molecule has 0 aliphatic carbocycles. The molecule has 5 nitrogen and oxygen atoms in total. The number of benzene rings is 2. The number of piperidine rings is 1. The summed E-state index contributed by atoms with van der Waals surface area (Å²) in [5, 5.41) is 3.09. The monoisotopic (exact) mass is 566 g/mol. The van der Waals surface area contributed by atoms with Crippen molar-refractivity contribution >= 4 is 24.3 Å². The van der Waals surface area contributed by atoms with Crippen LogP contribution in [-0.2, 0) is 28.3 Å². The molecule has 2 aromatic carbocycles. The molecule has 3 rings (SSSR count). The maximum absolute atomic E-state index is 13.3. The first-order chi connectivity index (χ1) is 17.2. The van der Waals surface area contributed by atoms with Crippen molar-refractivity contribution in [1.29, 1.82) is 0 Å². The van der Waals surface area contributed by atoms with Crippen molar-refractivity contribution in [2.45, 2.75) is 63.7 Å². The van der Waals surface area contributed by atoms with E-state index in [9.17, 15) is 35.9 Å². The normalized spacial score (nSPS) is 18.2. The van der Waals surface area contributed by atoms with Crippen molar-refractivity contribution in [3.8, 4) is 0 Å². The first-order valence-electron chi connectivity index (χ1n) is 11.8. The molecule has 0 spiro atoms. The number of nitrogens with zero attached hydrogens (tertiary/aromatic N) is 1. The maximum Gasteiger partial charge on any atom is 0.416 e. The van der Waals surface area contributed by atoms with Crippen LogP contribution in [0.15, 0.2) is 48.5 Å². The van der Waals surface area contributed by atoms with Crippen LogP contribution in [0.5, 0.6) is 0 Å². The van der Waals surface area contributed by atoms with Crippen LogP contribution in [0, 0.1) is 0 Å². The highest BCUT2D eigenvalue weighted by atomic mass is 35.5. The number of likely N-dealkylation sites (tertiary alicyclic amines) is 1. The Hall–Kier alpha value is -2.79. The molecule has 2 atom stereocenters. The van der Waals surface area contributed by atoms with E-state index in [1.165, 1.54) is 4.90 Å². The van der Waals surface area contributed by atoms with E-state index >= 15 is 0 Å². The molecule has 1 heterocycles. The lowest BCUT2D eigenvalue weighted by molar-refractivity contribution is -0.146. The number of rotatable bonds is 7. The molecule has 210 valence electrons. The van der Waals surface area contributed by atoms with Gasteiger partial charge in [0.15, 0.2) is 0 Å². The van der Waals surface area contributed by atoms with Gasteiger partial charge in [0.25, 0.3) is 5.91 Å². The quantitative estimate of drug-likeness (QED) is 0.335. The Balaban J connectivity index is 0.00000507. The number of hydrogen-bond acceptors (Lipinski definition) is 4. The van der Waals surface area contributed by atoms with E-state index in [0.717, 1.165) is 5.56 Å². The second-order valence-corrected chi connectivity index (χ2v) is 9.28. The first kappa shape index (κ1) is 31.4. The van der Waals surface area contributed by atoms with Crippen LogP contribution in [0.1, 0.15) is 53.7 Å². The van der Waals surface area contributed by atoms with Gasteiger partial charge in [0.2, 0.25) is 0 Å². The smallest absolute Gasteiger partial charge is 0.416 e. The zero-order valence-electron chi connectivity index (χ0n) is 20.7. The van der Waals surface area contributed by atoms with Gasteiger partial charge in [-0.25, -0.2) is 0 Å². The Kier molecular flexibility index (Phi) is 10.6. The molecule has 0 saturated carbocycles. The zero-order chi connectivity index (χ0) is 27.4. The second-order valence-electron chi connectivity index (χ2n) is 9.28. The summed E-state index contributed by atoms with van der Waals surface area (Å²) >= 11 is 0. The molecule has 1 aliphatic heterocycles. The largest absolute Gasteiger partial charge is 0.462 e. The summed E-state index contributed by atoms with van der Waals surface area (Å²) in [6, 6.07) is 9.25. The maximum atomic E-state index is 13.3. The van der Waals surface area contributed by atoms with Crippen molar-refractivity contribution in [2.24, 2.45) is 0 Å². The Morgan fingerprint density at radius 3 is 2.11 bits per heavy atom. The summed E-state index contributed by atoms with van der Waals surface area (Å²) in [7, 11) is 0. The van der Waals surface area contributed by atoms with E-state index in [2.05, 4.69) is 5.32 Å². The van der Waals surface area contributed by atoms with Crippen LogP contribution in [-0.4, -0.2) is 48.1 Å². The van der Waals surface area contributed by atoms with Crippen molar-refractivity contribution in [2.75, 3.05) is 13.1 Å². The van der Waals surface area contributed by atoms with Gasteiger partial charge in [-0.15, -0.1) is 12.4 Å². The molecule has 38 heavy (non-hydrogen) atoms. The summed E-state index contributed by atoms with van der Waals surface area (Å²) in [6.45, 7) is 3.47. The molecule has 0 aromatic heterocycles. The summed E-state index contributed by atoms with van der Waals surface area (Å²) in [4.78, 5) is 26.6. The molecule has 0 bridgehead atoms. The SMILES string of the molecule is CC(C)OC(=O)CN[C@H]1CCN(C(=O)c2cc(C(F)(F)F)cc(C(F)(F)F)c2)[C@H](Cc2ccccc2)C1.Cl. The highest BCUT2D eigenvalue weighted by molar-refractivity contribution is 5.95. The number of nitrogens with one attached hydrogen (secondary N) is 1. The second kappa shape index (κ2) is 12.8. The number of amides is 1. The molecule has 1 amide bonds. The standard InChI is InChI=1S/C26H28F6N2O3.ClH/c1-16(2)37-23(35)15-33-21-8-9-34(22(14-21)10-17-6-4-3-5-7-17)24(36)18-11-19(25(27,28)29)13-20(12-18)26(30,31)32;/h3-7,11-13,16,21-22,33H,8-10,14-15H2,1-2H3;1H/t21-,22+;/m0./s1. The van der Waals surface area contributed by atoms with E-state index in [-0.39, 0.29) is 43.7 Å². The third-order valence-corrected chi connectivity index (χ3v) is 6.03. The van der Waals surface area contributed by atoms with Gasteiger partial charge in [0.1, 0.15) is 0 Å². The van der Waals surface area contributed by atoms with Crippen LogP contribution in [0.4, 0.5) is 26.3 Å². The fourth-order valence-corrected chi connectivity index (χ4v) is 4.36. The lowest BCUT2D eigenvalue weighted by Gasteiger charge is -2.40. The minimum atomic E-state index is -5.05. The molecule has 1 aliphatic rings. The minimum absolute atomic E-state index is 0. The van der Waals surface area contributed by atoms with Gasteiger partial charge in [-0.2, -0.15) is 26.3 Å². The molecule has 1 saturated heterocycles. The van der Waals surface area contributed by atoms with Crippen LogP contribution in [0.2, 0.25) is 0 Å². The third kappa shape index (κ3) is 8.62. The summed E-state index contributed by atoms with van der Waals surface area (Å²) < 4.78 is 85.2. The fraction of sp³-hybridized carbons (Fsp3) is 0.462. The van der Waals surface area contributed by atoms with Crippen molar-refractivity contribution in [3.05, 3.63) is 70.8 Å². The number of ether oxygens (including phenoxy) is 1. The summed E-state index contributed by atoms with van der Waals surface area (Å²) in [5.74, 6) is -1.35. The van der Waals surface area contributed by atoms with Gasteiger partial charge in [-0.05, 0) is 56.9 Å². The van der Waals surface area contributed by atoms with E-state index in [1.54, 1.807) is 32.0 Å². The molecule has 1 N–H and O–H groups in total. The predicted molar refractivity (Wildman–Crippen MR) is 131 cm³/mol. The van der Waals surface area contributed by atoms with E-state index < -0.39 is 47.0 Å². The van der Waals surface area contributed by atoms with Gasteiger partial charge in [-0.3, -0.25) is 9.59 Å². The highest BCUT2D eigenvalue weighted by Crippen LogP contribution is 2.37. The molecule has 12 heteroatoms. The average Bonchev–Trinajstić information content (AvgIpc) is 2.81. The number of carbonyl (C=O) groups is 2. The van der Waals surface area contributed by atoms with Crippen LogP contribution >= 0.6 is 12.4 Å². The van der Waals surface area contributed by atoms with E-state index in [4.69, 9.17) is 4.74 Å². The lowest BCUT2D eigenvalue weighted by atomic mass is 9.91. The molecular weight excluding hydrogens is 538 g/mol. The first-order valence-corrected chi connectivity index (χ1v) is 11.8. The summed E-state index contributed by atoms with van der Waals surface area (Å²) in [5.41, 5.74) is -2.90. The van der Waals surface area contributed by atoms with Crippen LogP contribution in [0.25, 0.3) is 0 Å². The Morgan fingerprint density at radius 1 is 1.00 bits per heavy atom. The van der Waals surface area contributed by atoms with Gasteiger partial charge < -0.3 is 15.0 Å². The van der Waals surface area contributed by atoms with E-state index in [0.29, 0.717) is 31.4 Å². The van der Waals surface area contributed by atoms with Gasteiger partial charge in [0.05, 0.1) is 23.8 Å². The third-order valence-electron chi connectivity index (χ3n) is 6.03.